The first-order valence-electron chi connectivity index (χ1n) is 8.14. The maximum Gasteiger partial charge on any atom is 0.131 e. The smallest absolute Gasteiger partial charge is 0.131 e. The van der Waals surface area contributed by atoms with E-state index in [1.165, 1.54) is 0 Å². The molecule has 4 nitrogen and oxygen atoms in total. The van der Waals surface area contributed by atoms with E-state index in [0.717, 1.165) is 11.1 Å². The summed E-state index contributed by atoms with van der Waals surface area (Å²) in [5.41, 5.74) is 1.81. The first-order valence-corrected chi connectivity index (χ1v) is 8.14. The highest BCUT2D eigenvalue weighted by Gasteiger charge is 2.43. The van der Waals surface area contributed by atoms with Crippen molar-refractivity contribution in [2.45, 2.75) is 44.6 Å². The van der Waals surface area contributed by atoms with Gasteiger partial charge in [0.05, 0.1) is 17.7 Å². The molecular formula is C20H22N2O2. The van der Waals surface area contributed by atoms with E-state index < -0.39 is 11.7 Å². The molecule has 24 heavy (non-hydrogen) atoms. The van der Waals surface area contributed by atoms with E-state index in [4.69, 9.17) is 4.74 Å². The molecule has 1 heterocycles. The van der Waals surface area contributed by atoms with Gasteiger partial charge in [-0.2, -0.15) is 5.26 Å². The fraction of sp³-hybridized carbons (Fsp3) is 0.350. The molecular weight excluding hydrogens is 300 g/mol. The molecule has 2 N–H and O–H groups in total. The lowest BCUT2D eigenvalue weighted by Crippen LogP contribution is -2.52. The Labute approximate surface area is 142 Å². The van der Waals surface area contributed by atoms with Crippen molar-refractivity contribution >= 4 is 0 Å². The highest BCUT2D eigenvalue weighted by atomic mass is 16.5. The van der Waals surface area contributed by atoms with Crippen LogP contribution in [0, 0.1) is 11.3 Å². The number of fused-ring (bicyclic) bond motifs is 1. The van der Waals surface area contributed by atoms with Gasteiger partial charge >= 0.3 is 0 Å². The zero-order valence-corrected chi connectivity index (χ0v) is 14.2. The van der Waals surface area contributed by atoms with Crippen molar-refractivity contribution in [1.29, 1.82) is 5.26 Å². The molecule has 0 bridgehead atoms. The van der Waals surface area contributed by atoms with Gasteiger partial charge in [-0.3, -0.25) is 0 Å². The average molecular weight is 322 g/mol. The van der Waals surface area contributed by atoms with Crippen molar-refractivity contribution in [3.8, 4) is 11.8 Å². The van der Waals surface area contributed by atoms with Crippen LogP contribution in [0.25, 0.3) is 0 Å². The van der Waals surface area contributed by atoms with Gasteiger partial charge < -0.3 is 15.2 Å². The first-order chi connectivity index (χ1) is 11.4. The van der Waals surface area contributed by atoms with Gasteiger partial charge in [-0.15, -0.1) is 0 Å². The molecule has 0 amide bonds. The summed E-state index contributed by atoms with van der Waals surface area (Å²) in [6, 6.07) is 17.3. The van der Waals surface area contributed by atoms with Gasteiger partial charge in [-0.05, 0) is 44.5 Å². The Kier molecular flexibility index (Phi) is 4.31. The Morgan fingerprint density at radius 3 is 2.58 bits per heavy atom. The molecule has 3 rings (SSSR count). The summed E-state index contributed by atoms with van der Waals surface area (Å²) in [5, 5.41) is 23.5. The van der Waals surface area contributed by atoms with Crippen LogP contribution in [0.1, 0.15) is 49.5 Å². The minimum absolute atomic E-state index is 0.0540. The number of aliphatic hydroxyl groups excluding tert-OH is 1. The fourth-order valence-electron chi connectivity index (χ4n) is 3.16. The lowest BCUT2D eigenvalue weighted by molar-refractivity contribution is -0.0663. The van der Waals surface area contributed by atoms with Crippen LogP contribution in [0.15, 0.2) is 48.5 Å². The number of aliphatic hydroxyl groups is 1. The predicted octanol–water partition coefficient (Wildman–Crippen LogP) is 3.48. The third-order valence-corrected chi connectivity index (χ3v) is 4.60. The Morgan fingerprint density at radius 2 is 1.92 bits per heavy atom. The average Bonchev–Trinajstić information content (AvgIpc) is 2.59. The molecule has 2 aromatic carbocycles. The van der Waals surface area contributed by atoms with Crippen LogP contribution in [-0.4, -0.2) is 16.8 Å². The Balaban J connectivity index is 1.98. The molecule has 4 heteroatoms. The van der Waals surface area contributed by atoms with E-state index in [1.54, 1.807) is 12.1 Å². The lowest BCUT2D eigenvalue weighted by Gasteiger charge is -2.43. The van der Waals surface area contributed by atoms with Crippen molar-refractivity contribution in [3.05, 3.63) is 65.2 Å². The molecule has 124 valence electrons. The van der Waals surface area contributed by atoms with Crippen LogP contribution < -0.4 is 10.1 Å². The third-order valence-electron chi connectivity index (χ3n) is 4.60. The van der Waals surface area contributed by atoms with Crippen molar-refractivity contribution < 1.29 is 9.84 Å². The minimum Gasteiger partial charge on any atom is -0.485 e. The summed E-state index contributed by atoms with van der Waals surface area (Å²) in [5.74, 6) is 0.710. The number of hydrogen-bond donors (Lipinski definition) is 2. The predicted molar refractivity (Wildman–Crippen MR) is 92.6 cm³/mol. The maximum absolute atomic E-state index is 10.8. The van der Waals surface area contributed by atoms with E-state index in [2.05, 4.69) is 30.4 Å². The van der Waals surface area contributed by atoms with Crippen LogP contribution in [-0.2, 0) is 0 Å². The van der Waals surface area contributed by atoms with Crippen molar-refractivity contribution in [1.82, 2.24) is 5.32 Å². The molecule has 0 spiro atoms. The summed E-state index contributed by atoms with van der Waals surface area (Å²) >= 11 is 0. The number of hydrogen-bond acceptors (Lipinski definition) is 4. The van der Waals surface area contributed by atoms with Crippen LogP contribution in [0.2, 0.25) is 0 Å². The summed E-state index contributed by atoms with van der Waals surface area (Å²) in [4.78, 5) is 0. The second kappa shape index (κ2) is 6.27. The Hall–Kier alpha value is -2.35. The fourth-order valence-corrected chi connectivity index (χ4v) is 3.16. The summed E-state index contributed by atoms with van der Waals surface area (Å²) < 4.78 is 5.95. The minimum atomic E-state index is -0.731. The normalized spacial score (nSPS) is 22.8. The number of nitrogens with zero attached hydrogens (tertiary/aromatic N) is 1. The van der Waals surface area contributed by atoms with E-state index in [9.17, 15) is 10.4 Å². The van der Waals surface area contributed by atoms with Crippen molar-refractivity contribution in [2.75, 3.05) is 0 Å². The largest absolute Gasteiger partial charge is 0.485 e. The van der Waals surface area contributed by atoms with E-state index in [1.807, 2.05) is 38.1 Å². The molecule has 1 aliphatic heterocycles. The maximum atomic E-state index is 10.8. The van der Waals surface area contributed by atoms with Gasteiger partial charge in [0.2, 0.25) is 0 Å². The highest BCUT2D eigenvalue weighted by Crippen LogP contribution is 2.41. The summed E-state index contributed by atoms with van der Waals surface area (Å²) in [7, 11) is 0. The molecule has 0 fully saturated rings. The number of rotatable bonds is 3. The van der Waals surface area contributed by atoms with Crippen LogP contribution in [0.4, 0.5) is 0 Å². The second-order valence-corrected chi connectivity index (χ2v) is 6.79. The molecule has 0 aromatic heterocycles. The van der Waals surface area contributed by atoms with Crippen LogP contribution in [0.3, 0.4) is 0 Å². The Bertz CT molecular complexity index is 765. The summed E-state index contributed by atoms with van der Waals surface area (Å²) in [6.45, 7) is 5.82. The standard InChI is InChI=1S/C20H22N2O2/c1-13(15-7-5-4-6-8-15)22-18-16-11-14(12-21)9-10-17(16)24-20(2,3)19(18)23/h4-11,13,18-19,22-23H,1-3H3. The van der Waals surface area contributed by atoms with Crippen LogP contribution >= 0.6 is 0 Å². The third kappa shape index (κ3) is 3.01. The number of nitriles is 1. The molecule has 0 aliphatic carbocycles. The number of ether oxygens (including phenoxy) is 1. The zero-order chi connectivity index (χ0) is 17.3. The van der Waals surface area contributed by atoms with Crippen LogP contribution in [0.5, 0.6) is 5.75 Å². The molecule has 2 aromatic rings. The van der Waals surface area contributed by atoms with Gasteiger partial charge in [0.25, 0.3) is 0 Å². The Morgan fingerprint density at radius 1 is 1.21 bits per heavy atom. The highest BCUT2D eigenvalue weighted by molar-refractivity contribution is 5.46. The molecule has 0 saturated heterocycles. The topological polar surface area (TPSA) is 65.3 Å². The van der Waals surface area contributed by atoms with Gasteiger partial charge in [0.15, 0.2) is 0 Å². The molecule has 0 saturated carbocycles. The van der Waals surface area contributed by atoms with Gasteiger partial charge in [-0.25, -0.2) is 0 Å². The molecule has 3 unspecified atom stereocenters. The van der Waals surface area contributed by atoms with Gasteiger partial charge in [-0.1, -0.05) is 30.3 Å². The summed E-state index contributed by atoms with van der Waals surface area (Å²) in [6.07, 6.45) is -0.731. The lowest BCUT2D eigenvalue weighted by atomic mass is 9.85. The monoisotopic (exact) mass is 322 g/mol. The quantitative estimate of drug-likeness (QED) is 0.908. The van der Waals surface area contributed by atoms with Gasteiger partial charge in [0.1, 0.15) is 17.5 Å². The van der Waals surface area contributed by atoms with Gasteiger partial charge in [0, 0.05) is 11.6 Å². The molecule has 1 aliphatic rings. The van der Waals surface area contributed by atoms with Crippen molar-refractivity contribution in [3.63, 3.8) is 0 Å². The zero-order valence-electron chi connectivity index (χ0n) is 14.2. The number of benzene rings is 2. The first kappa shape index (κ1) is 16.5. The SMILES string of the molecule is CC(NC1c2cc(C#N)ccc2OC(C)(C)C1O)c1ccccc1. The molecule has 0 radical (unpaired) electrons. The van der Waals surface area contributed by atoms with E-state index in [0.29, 0.717) is 11.3 Å². The number of nitrogens with one attached hydrogen (secondary N) is 1. The van der Waals surface area contributed by atoms with Crippen molar-refractivity contribution in [2.24, 2.45) is 0 Å². The van der Waals surface area contributed by atoms with E-state index in [-0.39, 0.29) is 12.1 Å². The molecule has 3 atom stereocenters. The van der Waals surface area contributed by atoms with E-state index >= 15 is 0 Å². The second-order valence-electron chi connectivity index (χ2n) is 6.79.